The maximum atomic E-state index is 11.9. The summed E-state index contributed by atoms with van der Waals surface area (Å²) in [6.45, 7) is 0. The molecule has 0 aliphatic rings. The first-order chi connectivity index (χ1) is 8.56. The molecule has 0 aliphatic carbocycles. The quantitative estimate of drug-likeness (QED) is 0.861. The van der Waals surface area contributed by atoms with Gasteiger partial charge in [-0.15, -0.1) is 0 Å². The molecule has 18 heavy (non-hydrogen) atoms. The van der Waals surface area contributed by atoms with Crippen molar-refractivity contribution in [1.82, 2.24) is 9.97 Å². The Morgan fingerprint density at radius 1 is 1.11 bits per heavy atom. The minimum absolute atomic E-state index is 0.0418. The van der Waals surface area contributed by atoms with E-state index in [1.165, 1.54) is 24.4 Å². The summed E-state index contributed by atoms with van der Waals surface area (Å²) >= 11 is 17.2. The molecule has 0 spiro atoms. The summed E-state index contributed by atoms with van der Waals surface area (Å²) < 4.78 is 0. The number of amides is 1. The van der Waals surface area contributed by atoms with Crippen LogP contribution in [-0.2, 0) is 0 Å². The Morgan fingerprint density at radius 3 is 2.56 bits per heavy atom. The molecule has 1 N–H and O–H groups in total. The predicted molar refractivity (Wildman–Crippen MR) is 71.5 cm³/mol. The first-order valence-corrected chi connectivity index (χ1v) is 5.94. The molecule has 2 heterocycles. The Bertz CT molecular complexity index is 604. The van der Waals surface area contributed by atoms with Crippen LogP contribution < -0.4 is 5.32 Å². The number of hydrogen-bond acceptors (Lipinski definition) is 3. The Morgan fingerprint density at radius 2 is 1.89 bits per heavy atom. The van der Waals surface area contributed by atoms with Gasteiger partial charge in [-0.1, -0.05) is 34.8 Å². The second-order valence-electron chi connectivity index (χ2n) is 3.29. The van der Waals surface area contributed by atoms with Crippen LogP contribution in [0.5, 0.6) is 0 Å². The number of nitrogens with zero attached hydrogens (tertiary/aromatic N) is 2. The second kappa shape index (κ2) is 5.52. The number of pyridine rings is 2. The SMILES string of the molecule is O=C(Nc1ccnc(Cl)c1)c1ccc(Cl)nc1Cl. The van der Waals surface area contributed by atoms with Crippen LogP contribution >= 0.6 is 34.8 Å². The molecule has 2 aromatic heterocycles. The van der Waals surface area contributed by atoms with Gasteiger partial charge in [-0.25, -0.2) is 9.97 Å². The van der Waals surface area contributed by atoms with Gasteiger partial charge in [0.2, 0.25) is 0 Å². The summed E-state index contributed by atoms with van der Waals surface area (Å²) in [5.41, 5.74) is 0.750. The second-order valence-corrected chi connectivity index (χ2v) is 4.43. The van der Waals surface area contributed by atoms with Crippen molar-refractivity contribution in [2.75, 3.05) is 5.32 Å². The van der Waals surface area contributed by atoms with Crippen LogP contribution in [0.3, 0.4) is 0 Å². The molecule has 4 nitrogen and oxygen atoms in total. The van der Waals surface area contributed by atoms with Crippen LogP contribution in [0.4, 0.5) is 5.69 Å². The van der Waals surface area contributed by atoms with Crippen LogP contribution in [0, 0.1) is 0 Å². The molecular weight excluding hydrogens is 296 g/mol. The average molecular weight is 303 g/mol. The van der Waals surface area contributed by atoms with Crippen molar-refractivity contribution in [2.24, 2.45) is 0 Å². The number of anilines is 1. The van der Waals surface area contributed by atoms with E-state index in [9.17, 15) is 4.79 Å². The third-order valence-corrected chi connectivity index (χ3v) is 2.75. The number of nitrogens with one attached hydrogen (secondary N) is 1. The lowest BCUT2D eigenvalue weighted by Gasteiger charge is -2.06. The molecule has 0 saturated heterocycles. The zero-order valence-corrected chi connectivity index (χ0v) is 11.1. The maximum Gasteiger partial charge on any atom is 0.258 e. The van der Waals surface area contributed by atoms with Crippen molar-refractivity contribution in [1.29, 1.82) is 0 Å². The summed E-state index contributed by atoms with van der Waals surface area (Å²) in [5, 5.41) is 3.18. The molecule has 0 radical (unpaired) electrons. The summed E-state index contributed by atoms with van der Waals surface area (Å²) in [7, 11) is 0. The number of halogens is 3. The van der Waals surface area contributed by atoms with Crippen LogP contribution in [0.2, 0.25) is 15.5 Å². The van der Waals surface area contributed by atoms with Crippen molar-refractivity contribution in [3.05, 3.63) is 51.5 Å². The lowest BCUT2D eigenvalue weighted by Crippen LogP contribution is -2.13. The summed E-state index contributed by atoms with van der Waals surface area (Å²) in [5.74, 6) is -0.397. The Labute approximate surface area is 118 Å². The molecule has 7 heteroatoms. The van der Waals surface area contributed by atoms with Crippen molar-refractivity contribution < 1.29 is 4.79 Å². The molecule has 2 aromatic rings. The van der Waals surface area contributed by atoms with Gasteiger partial charge in [-0.05, 0) is 24.3 Å². The molecule has 0 fully saturated rings. The Hall–Kier alpha value is -1.36. The van der Waals surface area contributed by atoms with Crippen LogP contribution in [0.1, 0.15) is 10.4 Å². The molecule has 2 rings (SSSR count). The van der Waals surface area contributed by atoms with Gasteiger partial charge >= 0.3 is 0 Å². The van der Waals surface area contributed by atoms with E-state index < -0.39 is 5.91 Å². The molecule has 1 amide bonds. The molecular formula is C11H6Cl3N3O. The normalized spacial score (nSPS) is 10.2. The van der Waals surface area contributed by atoms with Crippen LogP contribution in [0.15, 0.2) is 30.5 Å². The highest BCUT2D eigenvalue weighted by Gasteiger charge is 2.12. The molecule has 0 aliphatic heterocycles. The number of hydrogen-bond donors (Lipinski definition) is 1. The van der Waals surface area contributed by atoms with Crippen molar-refractivity contribution in [3.63, 3.8) is 0 Å². The highest BCUT2D eigenvalue weighted by Crippen LogP contribution is 2.19. The molecule has 92 valence electrons. The van der Waals surface area contributed by atoms with Gasteiger partial charge in [-0.3, -0.25) is 4.79 Å². The fraction of sp³-hybridized carbons (Fsp3) is 0. The summed E-state index contributed by atoms with van der Waals surface area (Å²) in [6.07, 6.45) is 1.49. The molecule has 0 unspecified atom stereocenters. The van der Waals surface area contributed by atoms with E-state index in [1.807, 2.05) is 0 Å². The molecule has 0 atom stereocenters. The fourth-order valence-electron chi connectivity index (χ4n) is 1.26. The van der Waals surface area contributed by atoms with Gasteiger partial charge in [0.25, 0.3) is 5.91 Å². The van der Waals surface area contributed by atoms with E-state index >= 15 is 0 Å². The van der Waals surface area contributed by atoms with Gasteiger partial charge in [-0.2, -0.15) is 0 Å². The monoisotopic (exact) mass is 301 g/mol. The van der Waals surface area contributed by atoms with E-state index in [0.29, 0.717) is 5.69 Å². The van der Waals surface area contributed by atoms with E-state index in [-0.39, 0.29) is 21.0 Å². The zero-order valence-electron chi connectivity index (χ0n) is 8.82. The number of rotatable bonds is 2. The average Bonchev–Trinajstić information content (AvgIpc) is 2.28. The minimum Gasteiger partial charge on any atom is -0.322 e. The predicted octanol–water partition coefficient (Wildman–Crippen LogP) is 3.69. The third-order valence-electron chi connectivity index (χ3n) is 2.04. The molecule has 0 aromatic carbocycles. The van der Waals surface area contributed by atoms with Crippen molar-refractivity contribution in [2.45, 2.75) is 0 Å². The first-order valence-electron chi connectivity index (χ1n) is 4.81. The van der Waals surface area contributed by atoms with Gasteiger partial charge < -0.3 is 5.32 Å². The summed E-state index contributed by atoms with van der Waals surface area (Å²) in [6, 6.07) is 6.12. The van der Waals surface area contributed by atoms with Crippen LogP contribution in [0.25, 0.3) is 0 Å². The highest BCUT2D eigenvalue weighted by atomic mass is 35.5. The number of carbonyl (C=O) groups excluding carboxylic acids is 1. The smallest absolute Gasteiger partial charge is 0.258 e. The topological polar surface area (TPSA) is 54.9 Å². The Balaban J connectivity index is 2.22. The van der Waals surface area contributed by atoms with E-state index in [4.69, 9.17) is 34.8 Å². The zero-order chi connectivity index (χ0) is 13.1. The number of aromatic nitrogens is 2. The van der Waals surface area contributed by atoms with Crippen LogP contribution in [-0.4, -0.2) is 15.9 Å². The van der Waals surface area contributed by atoms with E-state index in [1.54, 1.807) is 6.07 Å². The van der Waals surface area contributed by atoms with Crippen molar-refractivity contribution >= 4 is 46.4 Å². The van der Waals surface area contributed by atoms with E-state index in [2.05, 4.69) is 15.3 Å². The lowest BCUT2D eigenvalue weighted by atomic mass is 10.2. The minimum atomic E-state index is -0.397. The van der Waals surface area contributed by atoms with Gasteiger partial charge in [0.1, 0.15) is 15.5 Å². The van der Waals surface area contributed by atoms with E-state index in [0.717, 1.165) is 0 Å². The van der Waals surface area contributed by atoms with Gasteiger partial charge in [0, 0.05) is 11.9 Å². The lowest BCUT2D eigenvalue weighted by molar-refractivity contribution is 0.102. The number of carbonyl (C=O) groups is 1. The molecule has 0 saturated carbocycles. The Kier molecular flexibility index (Phi) is 4.01. The van der Waals surface area contributed by atoms with Gasteiger partial charge in [0.05, 0.1) is 5.56 Å². The first kappa shape index (κ1) is 13.1. The maximum absolute atomic E-state index is 11.9. The summed E-state index contributed by atoms with van der Waals surface area (Å²) in [4.78, 5) is 19.5. The third kappa shape index (κ3) is 3.10. The molecule has 0 bridgehead atoms. The highest BCUT2D eigenvalue weighted by molar-refractivity contribution is 6.35. The largest absolute Gasteiger partial charge is 0.322 e. The fourth-order valence-corrected chi connectivity index (χ4v) is 1.86. The van der Waals surface area contributed by atoms with Gasteiger partial charge in [0.15, 0.2) is 0 Å². The standard InChI is InChI=1S/C11H6Cl3N3O/c12-8-2-1-7(10(14)17-8)11(18)16-6-3-4-15-9(13)5-6/h1-5H,(H,15,16,18). The van der Waals surface area contributed by atoms with Crippen molar-refractivity contribution in [3.8, 4) is 0 Å².